The molecule has 1 N–H and O–H groups in total. The molecule has 2 aromatic rings. The molecule has 0 spiro atoms. The highest BCUT2D eigenvalue weighted by Crippen LogP contribution is 2.20. The molecule has 0 saturated carbocycles. The molecule has 0 atom stereocenters. The first kappa shape index (κ1) is 9.92. The van der Waals surface area contributed by atoms with Crippen molar-refractivity contribution in [1.82, 2.24) is 15.0 Å². The molecule has 0 aliphatic heterocycles. The van der Waals surface area contributed by atoms with Crippen LogP contribution in [0.2, 0.25) is 0 Å². The summed E-state index contributed by atoms with van der Waals surface area (Å²) in [7, 11) is 0. The van der Waals surface area contributed by atoms with E-state index in [2.05, 4.69) is 15.0 Å². The molecular formula is C10H9N3OS. The molecule has 15 heavy (non-hydrogen) atoms. The summed E-state index contributed by atoms with van der Waals surface area (Å²) < 4.78 is 0. The Morgan fingerprint density at radius 1 is 1.20 bits per heavy atom. The van der Waals surface area contributed by atoms with E-state index >= 15 is 0 Å². The van der Waals surface area contributed by atoms with E-state index in [-0.39, 0.29) is 5.75 Å². The third-order valence-electron chi connectivity index (χ3n) is 1.75. The Morgan fingerprint density at radius 2 is 2.00 bits per heavy atom. The Balaban J connectivity index is 1.99. The quantitative estimate of drug-likeness (QED) is 0.798. The minimum Gasteiger partial charge on any atom is -0.508 e. The lowest BCUT2D eigenvalue weighted by molar-refractivity contribution is 0.475. The number of rotatable bonds is 3. The number of phenolic OH excluding ortho intramolecular Hbond substituents is 1. The minimum atomic E-state index is 0.281. The van der Waals surface area contributed by atoms with Crippen LogP contribution in [0.4, 0.5) is 0 Å². The second-order valence-corrected chi connectivity index (χ2v) is 3.82. The second kappa shape index (κ2) is 4.75. The molecule has 0 aliphatic rings. The molecule has 0 radical (unpaired) electrons. The average molecular weight is 219 g/mol. The van der Waals surface area contributed by atoms with Crippen LogP contribution < -0.4 is 0 Å². The Hall–Kier alpha value is -1.62. The lowest BCUT2D eigenvalue weighted by Gasteiger charge is -2.00. The van der Waals surface area contributed by atoms with Crippen molar-refractivity contribution in [2.45, 2.75) is 10.9 Å². The summed E-state index contributed by atoms with van der Waals surface area (Å²) in [5.74, 6) is 1.02. The number of aromatic hydroxyl groups is 1. The van der Waals surface area contributed by atoms with Crippen LogP contribution in [-0.2, 0) is 5.75 Å². The topological polar surface area (TPSA) is 58.9 Å². The van der Waals surface area contributed by atoms with Gasteiger partial charge in [-0.25, -0.2) is 15.0 Å². The molecule has 1 heterocycles. The molecule has 1 aromatic carbocycles. The zero-order chi connectivity index (χ0) is 10.5. The van der Waals surface area contributed by atoms with Gasteiger partial charge in [-0.15, -0.1) is 0 Å². The fourth-order valence-electron chi connectivity index (χ4n) is 1.10. The number of thioether (sulfide) groups is 1. The highest BCUT2D eigenvalue weighted by molar-refractivity contribution is 7.98. The minimum absolute atomic E-state index is 0.281. The van der Waals surface area contributed by atoms with Crippen LogP contribution in [-0.4, -0.2) is 20.1 Å². The van der Waals surface area contributed by atoms with Crippen LogP contribution in [0.25, 0.3) is 0 Å². The third-order valence-corrected chi connectivity index (χ3v) is 2.69. The normalized spacial score (nSPS) is 10.1. The van der Waals surface area contributed by atoms with Gasteiger partial charge in [0.15, 0.2) is 5.16 Å². The van der Waals surface area contributed by atoms with E-state index in [1.165, 1.54) is 24.4 Å². The standard InChI is InChI=1S/C10H9N3OS/c14-9-3-1-2-8(4-9)5-15-10-12-6-11-7-13-10/h1-4,6-7,14H,5H2. The van der Waals surface area contributed by atoms with E-state index < -0.39 is 0 Å². The van der Waals surface area contributed by atoms with Crippen molar-refractivity contribution in [2.24, 2.45) is 0 Å². The van der Waals surface area contributed by atoms with Crippen molar-refractivity contribution < 1.29 is 5.11 Å². The van der Waals surface area contributed by atoms with Crippen LogP contribution in [0.15, 0.2) is 42.1 Å². The largest absolute Gasteiger partial charge is 0.508 e. The monoisotopic (exact) mass is 219 g/mol. The molecule has 0 fully saturated rings. The molecule has 76 valence electrons. The van der Waals surface area contributed by atoms with E-state index in [1.807, 2.05) is 12.1 Å². The van der Waals surface area contributed by atoms with Gasteiger partial charge in [0.2, 0.25) is 0 Å². The van der Waals surface area contributed by atoms with Crippen molar-refractivity contribution in [3.05, 3.63) is 42.5 Å². The fourth-order valence-corrected chi connectivity index (χ4v) is 1.82. The maximum Gasteiger partial charge on any atom is 0.190 e. The van der Waals surface area contributed by atoms with Crippen molar-refractivity contribution in [3.8, 4) is 5.75 Å². The van der Waals surface area contributed by atoms with E-state index in [0.29, 0.717) is 5.16 Å². The summed E-state index contributed by atoms with van der Waals surface area (Å²) >= 11 is 1.51. The first-order valence-electron chi connectivity index (χ1n) is 4.37. The second-order valence-electron chi connectivity index (χ2n) is 2.88. The van der Waals surface area contributed by atoms with Gasteiger partial charge in [0.25, 0.3) is 0 Å². The number of hydrogen-bond acceptors (Lipinski definition) is 5. The predicted molar refractivity (Wildman–Crippen MR) is 57.5 cm³/mol. The Morgan fingerprint density at radius 3 is 2.73 bits per heavy atom. The van der Waals surface area contributed by atoms with Gasteiger partial charge in [-0.1, -0.05) is 23.9 Å². The van der Waals surface area contributed by atoms with Gasteiger partial charge < -0.3 is 5.11 Å². The number of phenols is 1. The van der Waals surface area contributed by atoms with Crippen molar-refractivity contribution >= 4 is 11.8 Å². The fraction of sp³-hybridized carbons (Fsp3) is 0.100. The van der Waals surface area contributed by atoms with E-state index in [0.717, 1.165) is 11.3 Å². The van der Waals surface area contributed by atoms with Gasteiger partial charge >= 0.3 is 0 Å². The van der Waals surface area contributed by atoms with Gasteiger partial charge in [-0.05, 0) is 17.7 Å². The zero-order valence-corrected chi connectivity index (χ0v) is 8.68. The molecule has 1 aromatic heterocycles. The molecule has 0 bridgehead atoms. The first-order valence-corrected chi connectivity index (χ1v) is 5.36. The summed E-state index contributed by atoms with van der Waals surface area (Å²) in [4.78, 5) is 11.7. The molecule has 0 amide bonds. The van der Waals surface area contributed by atoms with Gasteiger partial charge in [-0.2, -0.15) is 0 Å². The Bertz CT molecular complexity index is 436. The zero-order valence-electron chi connectivity index (χ0n) is 7.87. The molecule has 2 rings (SSSR count). The maximum absolute atomic E-state index is 9.26. The molecule has 0 unspecified atom stereocenters. The summed E-state index contributed by atoms with van der Waals surface area (Å²) in [5.41, 5.74) is 1.04. The van der Waals surface area contributed by atoms with Gasteiger partial charge in [0, 0.05) is 5.75 Å². The van der Waals surface area contributed by atoms with Crippen LogP contribution in [0.5, 0.6) is 5.75 Å². The summed E-state index contributed by atoms with van der Waals surface area (Å²) in [6.07, 6.45) is 2.94. The lowest BCUT2D eigenvalue weighted by Crippen LogP contribution is -1.87. The van der Waals surface area contributed by atoms with E-state index in [4.69, 9.17) is 0 Å². The number of hydrogen-bond donors (Lipinski definition) is 1. The average Bonchev–Trinajstić information content (AvgIpc) is 2.28. The van der Waals surface area contributed by atoms with Gasteiger partial charge in [0.1, 0.15) is 18.4 Å². The van der Waals surface area contributed by atoms with Crippen molar-refractivity contribution in [2.75, 3.05) is 0 Å². The third kappa shape index (κ3) is 2.92. The van der Waals surface area contributed by atoms with Crippen LogP contribution in [0, 0.1) is 0 Å². The van der Waals surface area contributed by atoms with Crippen LogP contribution >= 0.6 is 11.8 Å². The Labute approximate surface area is 91.4 Å². The molecule has 0 aliphatic carbocycles. The first-order chi connectivity index (χ1) is 7.34. The number of nitrogens with zero attached hydrogens (tertiary/aromatic N) is 3. The van der Waals surface area contributed by atoms with Crippen LogP contribution in [0.1, 0.15) is 5.56 Å². The predicted octanol–water partition coefficient (Wildman–Crippen LogP) is 1.87. The summed E-state index contributed by atoms with van der Waals surface area (Å²) in [6.45, 7) is 0. The number of benzene rings is 1. The summed E-state index contributed by atoms with van der Waals surface area (Å²) in [5, 5.41) is 9.95. The highest BCUT2D eigenvalue weighted by Gasteiger charge is 1.98. The van der Waals surface area contributed by atoms with Crippen molar-refractivity contribution in [3.63, 3.8) is 0 Å². The molecule has 4 nitrogen and oxygen atoms in total. The van der Waals surface area contributed by atoms with E-state index in [9.17, 15) is 5.11 Å². The maximum atomic E-state index is 9.26. The highest BCUT2D eigenvalue weighted by atomic mass is 32.2. The smallest absolute Gasteiger partial charge is 0.190 e. The molecule has 5 heteroatoms. The van der Waals surface area contributed by atoms with Crippen LogP contribution in [0.3, 0.4) is 0 Å². The summed E-state index contributed by atoms with van der Waals surface area (Å²) in [6, 6.07) is 7.15. The Kier molecular flexibility index (Phi) is 3.14. The molecule has 0 saturated heterocycles. The van der Waals surface area contributed by atoms with Gasteiger partial charge in [0.05, 0.1) is 0 Å². The van der Waals surface area contributed by atoms with Crippen molar-refractivity contribution in [1.29, 1.82) is 0 Å². The van der Waals surface area contributed by atoms with E-state index in [1.54, 1.807) is 12.1 Å². The SMILES string of the molecule is Oc1cccc(CSc2ncncn2)c1. The van der Waals surface area contributed by atoms with Gasteiger partial charge in [-0.3, -0.25) is 0 Å². The number of aromatic nitrogens is 3. The lowest BCUT2D eigenvalue weighted by atomic mass is 10.2. The molecular weight excluding hydrogens is 210 g/mol.